The zero-order chi connectivity index (χ0) is 12.4. The Labute approximate surface area is 93.3 Å². The molecule has 1 amide bonds. The van der Waals surface area contributed by atoms with E-state index in [1.165, 1.54) is 7.11 Å². The van der Waals surface area contributed by atoms with Gasteiger partial charge in [0.15, 0.2) is 0 Å². The molecule has 94 valence electrons. The second-order valence-corrected chi connectivity index (χ2v) is 3.02. The molecule has 16 heavy (non-hydrogen) atoms. The Hall–Kier alpha value is -1.18. The summed E-state index contributed by atoms with van der Waals surface area (Å²) in [5.74, 6) is -1.71. The molecule has 0 rings (SSSR count). The van der Waals surface area contributed by atoms with Crippen LogP contribution in [0.2, 0.25) is 0 Å². The average molecular weight is 235 g/mol. The van der Waals surface area contributed by atoms with Gasteiger partial charge in [-0.25, -0.2) is 4.79 Å². The van der Waals surface area contributed by atoms with Crippen LogP contribution >= 0.6 is 0 Å². The van der Waals surface area contributed by atoms with Gasteiger partial charge in [0.1, 0.15) is 12.6 Å². The third kappa shape index (κ3) is 7.16. The van der Waals surface area contributed by atoms with E-state index >= 15 is 0 Å². The minimum atomic E-state index is -1.18. The number of ether oxygens (including phenoxy) is 2. The van der Waals surface area contributed by atoms with Gasteiger partial charge in [0.2, 0.25) is 5.91 Å². The molecule has 1 atom stereocenters. The number of aliphatic hydroxyl groups excluding tert-OH is 1. The maximum absolute atomic E-state index is 11.2. The van der Waals surface area contributed by atoms with Crippen LogP contribution in [0.1, 0.15) is 6.42 Å². The number of amides is 1. The van der Waals surface area contributed by atoms with Crippen LogP contribution < -0.4 is 5.32 Å². The molecule has 0 bridgehead atoms. The number of nitrogens with one attached hydrogen (secondary N) is 1. The standard InChI is InChI=1S/C9H17NO6/c1-15-4-5-16-6-8(12)10-7(2-3-11)9(13)14/h7,11H,2-6H2,1H3,(H,10,12)(H,13,14)/t7-/m0/s1. The van der Waals surface area contributed by atoms with Crippen molar-refractivity contribution in [3.05, 3.63) is 0 Å². The fourth-order valence-electron chi connectivity index (χ4n) is 0.930. The minimum absolute atomic E-state index is 0.0286. The molecule has 7 nitrogen and oxygen atoms in total. The van der Waals surface area contributed by atoms with Gasteiger partial charge in [0.25, 0.3) is 0 Å². The van der Waals surface area contributed by atoms with E-state index in [1.54, 1.807) is 0 Å². The largest absolute Gasteiger partial charge is 0.480 e. The summed E-state index contributed by atoms with van der Waals surface area (Å²) in [6.07, 6.45) is -0.0286. The molecule has 7 heteroatoms. The molecule has 0 aliphatic carbocycles. The van der Waals surface area contributed by atoms with E-state index in [9.17, 15) is 9.59 Å². The maximum atomic E-state index is 11.2. The van der Waals surface area contributed by atoms with Gasteiger partial charge in [-0.1, -0.05) is 0 Å². The SMILES string of the molecule is COCCOCC(=O)N[C@@H](CCO)C(=O)O. The van der Waals surface area contributed by atoms with Crippen LogP contribution in [-0.2, 0) is 19.1 Å². The highest BCUT2D eigenvalue weighted by Gasteiger charge is 2.18. The van der Waals surface area contributed by atoms with E-state index in [0.717, 1.165) is 0 Å². The van der Waals surface area contributed by atoms with Gasteiger partial charge in [-0.2, -0.15) is 0 Å². The van der Waals surface area contributed by atoms with E-state index in [0.29, 0.717) is 6.61 Å². The summed E-state index contributed by atoms with van der Waals surface area (Å²) < 4.78 is 9.60. The summed E-state index contributed by atoms with van der Waals surface area (Å²) in [5, 5.41) is 19.5. The number of carboxylic acid groups (broad SMARTS) is 1. The second-order valence-electron chi connectivity index (χ2n) is 3.02. The number of rotatable bonds is 9. The van der Waals surface area contributed by atoms with Crippen molar-refractivity contribution in [2.24, 2.45) is 0 Å². The molecule has 0 aromatic heterocycles. The maximum Gasteiger partial charge on any atom is 0.326 e. The quantitative estimate of drug-likeness (QED) is 0.424. The fourth-order valence-corrected chi connectivity index (χ4v) is 0.930. The van der Waals surface area contributed by atoms with Crippen molar-refractivity contribution in [1.29, 1.82) is 0 Å². The van der Waals surface area contributed by atoms with Crippen molar-refractivity contribution in [2.75, 3.05) is 33.5 Å². The van der Waals surface area contributed by atoms with Crippen LogP contribution in [-0.4, -0.2) is 61.7 Å². The van der Waals surface area contributed by atoms with Crippen molar-refractivity contribution in [3.8, 4) is 0 Å². The summed E-state index contributed by atoms with van der Waals surface area (Å²) >= 11 is 0. The zero-order valence-corrected chi connectivity index (χ0v) is 9.14. The van der Waals surface area contributed by atoms with Gasteiger partial charge in [0, 0.05) is 20.1 Å². The first-order chi connectivity index (χ1) is 7.61. The van der Waals surface area contributed by atoms with Crippen molar-refractivity contribution in [1.82, 2.24) is 5.32 Å². The Kier molecular flexibility index (Phi) is 8.41. The van der Waals surface area contributed by atoms with Crippen molar-refractivity contribution in [2.45, 2.75) is 12.5 Å². The molecule has 0 aromatic rings. The van der Waals surface area contributed by atoms with Crippen LogP contribution in [0.4, 0.5) is 0 Å². The number of hydrogen-bond donors (Lipinski definition) is 3. The molecule has 0 aromatic carbocycles. The minimum Gasteiger partial charge on any atom is -0.480 e. The van der Waals surface area contributed by atoms with Crippen LogP contribution in [0.25, 0.3) is 0 Å². The first-order valence-electron chi connectivity index (χ1n) is 4.81. The lowest BCUT2D eigenvalue weighted by atomic mass is 10.2. The van der Waals surface area contributed by atoms with Gasteiger partial charge in [0.05, 0.1) is 13.2 Å². The van der Waals surface area contributed by atoms with Crippen molar-refractivity contribution >= 4 is 11.9 Å². The van der Waals surface area contributed by atoms with E-state index < -0.39 is 17.9 Å². The first-order valence-corrected chi connectivity index (χ1v) is 4.81. The highest BCUT2D eigenvalue weighted by molar-refractivity contribution is 5.84. The number of hydrogen-bond acceptors (Lipinski definition) is 5. The van der Waals surface area contributed by atoms with Crippen LogP contribution in [0.5, 0.6) is 0 Å². The average Bonchev–Trinajstić information content (AvgIpc) is 2.23. The van der Waals surface area contributed by atoms with Gasteiger partial charge in [-0.05, 0) is 0 Å². The molecular weight excluding hydrogens is 218 g/mol. The molecule has 0 heterocycles. The summed E-state index contributed by atoms with van der Waals surface area (Å²) in [4.78, 5) is 21.8. The normalized spacial score (nSPS) is 12.1. The number of aliphatic carboxylic acids is 1. The lowest BCUT2D eigenvalue weighted by Crippen LogP contribution is -2.43. The molecule has 3 N–H and O–H groups in total. The first kappa shape index (κ1) is 14.8. The van der Waals surface area contributed by atoms with Crippen molar-refractivity contribution < 1.29 is 29.3 Å². The van der Waals surface area contributed by atoms with Crippen LogP contribution in [0, 0.1) is 0 Å². The Morgan fingerprint density at radius 1 is 1.38 bits per heavy atom. The molecule has 0 saturated carbocycles. The highest BCUT2D eigenvalue weighted by atomic mass is 16.5. The summed E-state index contributed by atoms with van der Waals surface area (Å²) in [7, 11) is 1.51. The van der Waals surface area contributed by atoms with E-state index in [4.69, 9.17) is 19.7 Å². The summed E-state index contributed by atoms with van der Waals surface area (Å²) in [6, 6.07) is -1.08. The Balaban J connectivity index is 3.77. The third-order valence-electron chi connectivity index (χ3n) is 1.72. The molecule has 0 saturated heterocycles. The number of carboxylic acids is 1. The lowest BCUT2D eigenvalue weighted by molar-refractivity contribution is -0.143. The number of methoxy groups -OCH3 is 1. The Morgan fingerprint density at radius 2 is 2.06 bits per heavy atom. The monoisotopic (exact) mass is 235 g/mol. The summed E-state index contributed by atoms with van der Waals surface area (Å²) in [5.41, 5.74) is 0. The second kappa shape index (κ2) is 9.08. The molecule has 0 aliphatic heterocycles. The van der Waals surface area contributed by atoms with Gasteiger partial charge < -0.3 is 25.0 Å². The number of aliphatic hydroxyl groups is 1. The Bertz CT molecular complexity index is 220. The highest BCUT2D eigenvalue weighted by Crippen LogP contribution is 1.91. The molecule has 0 aliphatic rings. The number of carbonyl (C=O) groups is 2. The predicted molar refractivity (Wildman–Crippen MR) is 54.0 cm³/mol. The van der Waals surface area contributed by atoms with Gasteiger partial charge in [-0.3, -0.25) is 4.79 Å². The van der Waals surface area contributed by atoms with Gasteiger partial charge >= 0.3 is 5.97 Å². The van der Waals surface area contributed by atoms with E-state index in [1.807, 2.05) is 0 Å². The van der Waals surface area contributed by atoms with Gasteiger partial charge in [-0.15, -0.1) is 0 Å². The number of carbonyl (C=O) groups excluding carboxylic acids is 1. The van der Waals surface area contributed by atoms with E-state index in [-0.39, 0.29) is 26.2 Å². The predicted octanol–water partition coefficient (Wildman–Crippen LogP) is -1.40. The third-order valence-corrected chi connectivity index (χ3v) is 1.72. The molecule has 0 radical (unpaired) electrons. The molecule has 0 spiro atoms. The van der Waals surface area contributed by atoms with E-state index in [2.05, 4.69) is 5.32 Å². The molecule has 0 unspecified atom stereocenters. The smallest absolute Gasteiger partial charge is 0.326 e. The van der Waals surface area contributed by atoms with Crippen LogP contribution in [0.15, 0.2) is 0 Å². The zero-order valence-electron chi connectivity index (χ0n) is 9.14. The summed E-state index contributed by atoms with van der Waals surface area (Å²) in [6.45, 7) is 0.105. The lowest BCUT2D eigenvalue weighted by Gasteiger charge is -2.13. The Morgan fingerprint density at radius 3 is 2.56 bits per heavy atom. The molecular formula is C9H17NO6. The topological polar surface area (TPSA) is 105 Å². The molecule has 0 fully saturated rings. The van der Waals surface area contributed by atoms with Crippen LogP contribution in [0.3, 0.4) is 0 Å². The fraction of sp³-hybridized carbons (Fsp3) is 0.778. The van der Waals surface area contributed by atoms with Crippen molar-refractivity contribution in [3.63, 3.8) is 0 Å².